The number of halogens is 2. The maximum absolute atomic E-state index is 12.5. The first-order valence-corrected chi connectivity index (χ1v) is 11.0. The molecule has 158 valence electrons. The minimum atomic E-state index is -0.234. The van der Waals surface area contributed by atoms with Crippen molar-refractivity contribution in [3.63, 3.8) is 0 Å². The summed E-state index contributed by atoms with van der Waals surface area (Å²) in [6.07, 6.45) is 4.96. The van der Waals surface area contributed by atoms with Gasteiger partial charge in [-0.05, 0) is 49.4 Å². The van der Waals surface area contributed by atoms with Crippen molar-refractivity contribution in [1.29, 1.82) is 0 Å². The summed E-state index contributed by atoms with van der Waals surface area (Å²) in [7, 11) is 0. The van der Waals surface area contributed by atoms with Gasteiger partial charge in [0.25, 0.3) is 0 Å². The molecule has 0 aliphatic heterocycles. The number of hydrogen-bond donors (Lipinski definition) is 1. The van der Waals surface area contributed by atoms with Crippen LogP contribution < -0.4 is 5.32 Å². The normalized spacial score (nSPS) is 12.0. The number of pyridine rings is 1. The van der Waals surface area contributed by atoms with E-state index in [-0.39, 0.29) is 17.7 Å². The van der Waals surface area contributed by atoms with Gasteiger partial charge < -0.3 is 9.73 Å². The van der Waals surface area contributed by atoms with Gasteiger partial charge in [-0.1, -0.05) is 35.0 Å². The lowest BCUT2D eigenvalue weighted by Crippen LogP contribution is -2.28. The van der Waals surface area contributed by atoms with E-state index >= 15 is 0 Å². The molecule has 0 aliphatic carbocycles. The molecule has 10 heteroatoms. The molecule has 0 saturated carbocycles. The topological polar surface area (TPSA) is 85.8 Å². The largest absolute Gasteiger partial charge is 0.467 e. The zero-order valence-corrected chi connectivity index (χ0v) is 18.7. The van der Waals surface area contributed by atoms with Crippen molar-refractivity contribution in [3.05, 3.63) is 76.9 Å². The number of nitrogens with zero attached hydrogens (tertiary/aromatic N) is 4. The fourth-order valence-corrected chi connectivity index (χ4v) is 3.98. The Labute approximate surface area is 192 Å². The Morgan fingerprint density at radius 1 is 1.19 bits per heavy atom. The Morgan fingerprint density at radius 3 is 2.77 bits per heavy atom. The number of nitrogens with one attached hydrogen (secondary N) is 1. The van der Waals surface area contributed by atoms with Gasteiger partial charge in [-0.25, -0.2) is 0 Å². The fourth-order valence-electron chi connectivity index (χ4n) is 2.92. The van der Waals surface area contributed by atoms with Crippen molar-refractivity contribution in [2.45, 2.75) is 18.1 Å². The second-order valence-corrected chi connectivity index (χ2v) is 8.33. The standard InChI is InChI=1S/C21H17Cl2N5O2S/c1-13(18-5-3-9-30-18)25-19(29)12-31-21-27-26-20(14-4-2-8-24-11-14)28(21)15-6-7-16(22)17(23)10-15/h2-11,13H,12H2,1H3,(H,25,29). The molecule has 0 fully saturated rings. The molecule has 3 heterocycles. The van der Waals surface area contributed by atoms with E-state index in [0.29, 0.717) is 26.8 Å². The quantitative estimate of drug-likeness (QED) is 0.371. The van der Waals surface area contributed by atoms with Crippen LogP contribution in [0.2, 0.25) is 10.0 Å². The smallest absolute Gasteiger partial charge is 0.231 e. The molecule has 1 unspecified atom stereocenters. The summed E-state index contributed by atoms with van der Waals surface area (Å²) >= 11 is 13.6. The maximum Gasteiger partial charge on any atom is 0.231 e. The number of amides is 1. The third-order valence-corrected chi connectivity index (χ3v) is 6.06. The molecular weight excluding hydrogens is 457 g/mol. The van der Waals surface area contributed by atoms with Crippen molar-refractivity contribution >= 4 is 40.9 Å². The van der Waals surface area contributed by atoms with Crippen LogP contribution in [0.1, 0.15) is 18.7 Å². The van der Waals surface area contributed by atoms with E-state index in [1.807, 2.05) is 35.8 Å². The highest BCUT2D eigenvalue weighted by Gasteiger charge is 2.19. The molecule has 0 bridgehead atoms. The molecule has 0 radical (unpaired) electrons. The SMILES string of the molecule is CC(NC(=O)CSc1nnc(-c2cccnc2)n1-c1ccc(Cl)c(Cl)c1)c1ccco1. The first-order valence-electron chi connectivity index (χ1n) is 9.29. The van der Waals surface area contributed by atoms with Crippen LogP contribution in [0.3, 0.4) is 0 Å². The Hall–Kier alpha value is -2.81. The second kappa shape index (κ2) is 9.55. The van der Waals surface area contributed by atoms with Crippen LogP contribution in [0.25, 0.3) is 17.1 Å². The summed E-state index contributed by atoms with van der Waals surface area (Å²) in [5.74, 6) is 1.27. The number of thioether (sulfide) groups is 1. The number of furan rings is 1. The highest BCUT2D eigenvalue weighted by atomic mass is 35.5. The predicted octanol–water partition coefficient (Wildman–Crippen LogP) is 5.20. The number of hydrogen-bond acceptors (Lipinski definition) is 6. The van der Waals surface area contributed by atoms with Gasteiger partial charge in [0.2, 0.25) is 5.91 Å². The van der Waals surface area contributed by atoms with Crippen molar-refractivity contribution in [3.8, 4) is 17.1 Å². The first kappa shape index (κ1) is 21.4. The van der Waals surface area contributed by atoms with Crippen LogP contribution in [-0.4, -0.2) is 31.4 Å². The second-order valence-electron chi connectivity index (χ2n) is 6.57. The molecule has 7 nitrogen and oxygen atoms in total. The van der Waals surface area contributed by atoms with E-state index in [1.165, 1.54) is 11.8 Å². The summed E-state index contributed by atoms with van der Waals surface area (Å²) in [5, 5.41) is 12.9. The summed E-state index contributed by atoms with van der Waals surface area (Å²) < 4.78 is 7.16. The van der Waals surface area contributed by atoms with Crippen molar-refractivity contribution in [2.24, 2.45) is 0 Å². The molecule has 31 heavy (non-hydrogen) atoms. The molecule has 0 spiro atoms. The number of benzene rings is 1. The van der Waals surface area contributed by atoms with Crippen LogP contribution in [-0.2, 0) is 4.79 Å². The monoisotopic (exact) mass is 473 g/mol. The Kier molecular flexibility index (Phi) is 6.60. The zero-order valence-electron chi connectivity index (χ0n) is 16.3. The predicted molar refractivity (Wildman–Crippen MR) is 121 cm³/mol. The Morgan fingerprint density at radius 2 is 2.06 bits per heavy atom. The third kappa shape index (κ3) is 4.92. The summed E-state index contributed by atoms with van der Waals surface area (Å²) in [4.78, 5) is 16.6. The molecule has 4 rings (SSSR count). The lowest BCUT2D eigenvalue weighted by atomic mass is 10.2. The van der Waals surface area contributed by atoms with Gasteiger partial charge in [-0.3, -0.25) is 14.3 Å². The van der Waals surface area contributed by atoms with Crippen LogP contribution in [0.4, 0.5) is 0 Å². The van der Waals surface area contributed by atoms with E-state index in [9.17, 15) is 4.79 Å². The van der Waals surface area contributed by atoms with Crippen LogP contribution in [0.15, 0.2) is 70.7 Å². The van der Waals surface area contributed by atoms with Crippen molar-refractivity contribution in [2.75, 3.05) is 5.75 Å². The van der Waals surface area contributed by atoms with Gasteiger partial charge in [-0.2, -0.15) is 0 Å². The highest BCUT2D eigenvalue weighted by Crippen LogP contribution is 2.31. The number of carbonyl (C=O) groups excluding carboxylic acids is 1. The molecule has 0 saturated heterocycles. The number of carbonyl (C=O) groups is 1. The molecule has 1 amide bonds. The summed E-state index contributed by atoms with van der Waals surface area (Å²) in [6.45, 7) is 1.86. The Bertz CT molecular complexity index is 1180. The highest BCUT2D eigenvalue weighted by molar-refractivity contribution is 7.99. The van der Waals surface area contributed by atoms with Crippen LogP contribution in [0.5, 0.6) is 0 Å². The molecular formula is C21H17Cl2N5O2S. The van der Waals surface area contributed by atoms with E-state index in [2.05, 4.69) is 20.5 Å². The van der Waals surface area contributed by atoms with Gasteiger partial charge in [0.05, 0.1) is 33.8 Å². The molecule has 1 atom stereocenters. The molecule has 4 aromatic rings. The molecule has 1 aromatic carbocycles. The van der Waals surface area contributed by atoms with Gasteiger partial charge >= 0.3 is 0 Å². The van der Waals surface area contributed by atoms with E-state index in [4.69, 9.17) is 27.6 Å². The molecule has 1 N–H and O–H groups in total. The average Bonchev–Trinajstić information content (AvgIpc) is 3.45. The van der Waals surface area contributed by atoms with Gasteiger partial charge in [0.15, 0.2) is 11.0 Å². The Balaban J connectivity index is 1.59. The van der Waals surface area contributed by atoms with E-state index in [1.54, 1.807) is 36.9 Å². The average molecular weight is 474 g/mol. The minimum absolute atomic E-state index is 0.150. The van der Waals surface area contributed by atoms with Gasteiger partial charge in [0, 0.05) is 18.0 Å². The van der Waals surface area contributed by atoms with Crippen molar-refractivity contribution < 1.29 is 9.21 Å². The third-order valence-electron chi connectivity index (χ3n) is 4.39. The zero-order chi connectivity index (χ0) is 21.8. The van der Waals surface area contributed by atoms with E-state index in [0.717, 1.165) is 11.3 Å². The van der Waals surface area contributed by atoms with Crippen LogP contribution in [0, 0.1) is 0 Å². The van der Waals surface area contributed by atoms with Gasteiger partial charge in [-0.15, -0.1) is 10.2 Å². The summed E-state index contributed by atoms with van der Waals surface area (Å²) in [5.41, 5.74) is 1.51. The summed E-state index contributed by atoms with van der Waals surface area (Å²) in [6, 6.07) is 12.3. The van der Waals surface area contributed by atoms with Crippen molar-refractivity contribution in [1.82, 2.24) is 25.1 Å². The molecule has 0 aliphatic rings. The number of aromatic nitrogens is 4. The van der Waals surface area contributed by atoms with E-state index < -0.39 is 0 Å². The molecule has 3 aromatic heterocycles. The fraction of sp³-hybridized carbons (Fsp3) is 0.143. The lowest BCUT2D eigenvalue weighted by Gasteiger charge is -2.13. The maximum atomic E-state index is 12.5. The lowest BCUT2D eigenvalue weighted by molar-refractivity contribution is -0.119. The minimum Gasteiger partial charge on any atom is -0.467 e. The first-order chi connectivity index (χ1) is 15.0. The van der Waals surface area contributed by atoms with Gasteiger partial charge in [0.1, 0.15) is 5.76 Å². The number of rotatable bonds is 7. The van der Waals surface area contributed by atoms with Crippen LogP contribution >= 0.6 is 35.0 Å².